The summed E-state index contributed by atoms with van der Waals surface area (Å²) in [6, 6.07) is 9.23. The van der Waals surface area contributed by atoms with Crippen LogP contribution >= 0.6 is 0 Å². The van der Waals surface area contributed by atoms with Crippen LogP contribution in [0.1, 0.15) is 5.56 Å². The summed E-state index contributed by atoms with van der Waals surface area (Å²) in [6.45, 7) is 0.569. The zero-order valence-corrected chi connectivity index (χ0v) is 19.6. The summed E-state index contributed by atoms with van der Waals surface area (Å²) in [5.74, 6) is 0.169. The highest BCUT2D eigenvalue weighted by Gasteiger charge is 2.25. The van der Waals surface area contributed by atoms with E-state index in [9.17, 15) is 22.1 Å². The molecule has 1 aliphatic heterocycles. The van der Waals surface area contributed by atoms with E-state index >= 15 is 0 Å². The molecule has 0 bridgehead atoms. The summed E-state index contributed by atoms with van der Waals surface area (Å²) in [7, 11) is -5.25. The van der Waals surface area contributed by atoms with Crippen LogP contribution in [-0.2, 0) is 19.9 Å². The summed E-state index contributed by atoms with van der Waals surface area (Å²) in [6.07, 6.45) is 4.08. The van der Waals surface area contributed by atoms with Crippen LogP contribution in [0.3, 0.4) is 0 Å². The third kappa shape index (κ3) is 4.84. The van der Waals surface area contributed by atoms with Crippen LogP contribution in [0.2, 0.25) is 0 Å². The minimum Gasteiger partial charge on any atom is -0.480 e. The predicted octanol–water partition coefficient (Wildman–Crippen LogP) is 1.78. The highest BCUT2D eigenvalue weighted by molar-refractivity contribution is 7.92. The predicted molar refractivity (Wildman–Crippen MR) is 126 cm³/mol. The number of fused-ring (bicyclic) bond motifs is 1. The summed E-state index contributed by atoms with van der Waals surface area (Å²) in [5, 5.41) is 10.4. The van der Waals surface area contributed by atoms with Gasteiger partial charge in [-0.25, -0.2) is 21.8 Å². The largest absolute Gasteiger partial charge is 0.480 e. The molecule has 1 fully saturated rings. The van der Waals surface area contributed by atoms with E-state index in [0.717, 1.165) is 11.8 Å². The van der Waals surface area contributed by atoms with Gasteiger partial charge in [-0.2, -0.15) is 5.26 Å². The van der Waals surface area contributed by atoms with Crippen molar-refractivity contribution >= 4 is 42.1 Å². The maximum absolute atomic E-state index is 11.9. The number of nitrogens with one attached hydrogen (secondary N) is 1. The number of aromatic nitrogens is 2. The second kappa shape index (κ2) is 8.49. The van der Waals surface area contributed by atoms with Crippen molar-refractivity contribution in [2.45, 2.75) is 0 Å². The molecule has 0 aliphatic carbocycles. The average Bonchev–Trinajstić information content (AvgIpc) is 2.77. The van der Waals surface area contributed by atoms with Gasteiger partial charge < -0.3 is 9.64 Å². The lowest BCUT2D eigenvalue weighted by Crippen LogP contribution is -2.40. The number of pyridine rings is 2. The molecule has 4 rings (SSSR count). The maximum atomic E-state index is 11.9. The van der Waals surface area contributed by atoms with Crippen LogP contribution in [0.15, 0.2) is 36.7 Å². The van der Waals surface area contributed by atoms with Crippen molar-refractivity contribution in [1.82, 2.24) is 9.97 Å². The Hall–Kier alpha value is -3.43. The number of methoxy groups -OCH3 is 1. The summed E-state index contributed by atoms with van der Waals surface area (Å²) in [5.41, 5.74) is 3.18. The number of ether oxygens (including phenoxy) is 1. The topological polar surface area (TPSA) is 142 Å². The highest BCUT2D eigenvalue weighted by Crippen LogP contribution is 2.35. The summed E-state index contributed by atoms with van der Waals surface area (Å²) in [4.78, 5) is 10.5. The molecule has 0 unspecified atom stereocenters. The van der Waals surface area contributed by atoms with E-state index in [1.807, 2.05) is 17.0 Å². The quantitative estimate of drug-likeness (QED) is 0.570. The Bertz CT molecular complexity index is 1480. The third-order valence-electron chi connectivity index (χ3n) is 5.29. The molecular weight excluding hydrogens is 466 g/mol. The lowest BCUT2D eigenvalue weighted by Gasteiger charge is -2.30. The Labute approximate surface area is 191 Å². The van der Waals surface area contributed by atoms with Gasteiger partial charge in [0, 0.05) is 36.4 Å². The number of hydrogen-bond acceptors (Lipinski definition) is 9. The molecule has 3 aromatic rings. The molecular formula is C21H21N5O5S2. The minimum absolute atomic E-state index is 0.0182. The van der Waals surface area contributed by atoms with Gasteiger partial charge >= 0.3 is 0 Å². The number of anilines is 2. The van der Waals surface area contributed by atoms with E-state index in [0.29, 0.717) is 27.7 Å². The van der Waals surface area contributed by atoms with Crippen molar-refractivity contribution < 1.29 is 21.6 Å². The number of nitriles is 1. The Kier molecular flexibility index (Phi) is 5.85. The first-order valence-corrected chi connectivity index (χ1v) is 13.6. The van der Waals surface area contributed by atoms with Gasteiger partial charge in [0.15, 0.2) is 9.84 Å². The molecule has 1 N–H and O–H groups in total. The second-order valence-electron chi connectivity index (χ2n) is 7.66. The molecule has 12 heteroatoms. The number of hydrogen-bond donors (Lipinski definition) is 1. The number of rotatable bonds is 5. The lowest BCUT2D eigenvalue weighted by atomic mass is 10.0. The molecule has 33 heavy (non-hydrogen) atoms. The SMILES string of the molecule is COc1ncc(-c2ccc3ncc(C#N)c(N4CCS(=O)(=O)CC4)c3c2)cc1NS(C)(=O)=O. The lowest BCUT2D eigenvalue weighted by molar-refractivity contribution is 0.400. The van der Waals surface area contributed by atoms with Crippen LogP contribution < -0.4 is 14.4 Å². The normalized spacial score (nSPS) is 15.7. The first kappa shape index (κ1) is 22.8. The monoisotopic (exact) mass is 487 g/mol. The zero-order valence-electron chi connectivity index (χ0n) is 17.9. The van der Waals surface area contributed by atoms with Crippen LogP contribution in [0.4, 0.5) is 11.4 Å². The van der Waals surface area contributed by atoms with E-state index < -0.39 is 19.9 Å². The first-order chi connectivity index (χ1) is 15.6. The Morgan fingerprint density at radius 2 is 1.85 bits per heavy atom. The van der Waals surface area contributed by atoms with Gasteiger partial charge in [0.05, 0.1) is 41.6 Å². The summed E-state index contributed by atoms with van der Waals surface area (Å²) < 4.78 is 54.8. The van der Waals surface area contributed by atoms with Gasteiger partial charge in [0.1, 0.15) is 11.8 Å². The fourth-order valence-corrected chi connectivity index (χ4v) is 5.51. The molecule has 10 nitrogen and oxygen atoms in total. The second-order valence-corrected chi connectivity index (χ2v) is 11.7. The fraction of sp³-hybridized carbons (Fsp3) is 0.286. The number of benzene rings is 1. The molecule has 0 radical (unpaired) electrons. The average molecular weight is 488 g/mol. The highest BCUT2D eigenvalue weighted by atomic mass is 32.2. The van der Waals surface area contributed by atoms with E-state index in [-0.39, 0.29) is 36.2 Å². The molecule has 172 valence electrons. The molecule has 0 amide bonds. The summed E-state index contributed by atoms with van der Waals surface area (Å²) >= 11 is 0. The van der Waals surface area contributed by atoms with E-state index in [1.54, 1.807) is 18.3 Å². The van der Waals surface area contributed by atoms with E-state index in [4.69, 9.17) is 4.74 Å². The van der Waals surface area contributed by atoms with Crippen LogP contribution in [-0.4, -0.2) is 64.8 Å². The number of sulfone groups is 1. The van der Waals surface area contributed by atoms with Crippen molar-refractivity contribution in [3.63, 3.8) is 0 Å². The zero-order chi connectivity index (χ0) is 23.8. The van der Waals surface area contributed by atoms with Crippen molar-refractivity contribution in [3.8, 4) is 23.1 Å². The van der Waals surface area contributed by atoms with E-state index in [2.05, 4.69) is 20.8 Å². The first-order valence-electron chi connectivity index (χ1n) is 9.90. The van der Waals surface area contributed by atoms with E-state index in [1.165, 1.54) is 13.3 Å². The van der Waals surface area contributed by atoms with Crippen molar-refractivity contribution in [3.05, 3.63) is 42.2 Å². The molecule has 0 spiro atoms. The van der Waals surface area contributed by atoms with Gasteiger partial charge in [0.2, 0.25) is 15.9 Å². The van der Waals surface area contributed by atoms with Crippen LogP contribution in [0.25, 0.3) is 22.0 Å². The standard InChI is InChI=1S/C21H21N5O5S2/c1-31-21-19(25-32(2,27)28)10-15(12-24-21)14-3-4-18-17(9-14)20(16(11-22)13-23-18)26-5-7-33(29,30)8-6-26/h3-4,9-10,12-13,25H,5-8H2,1-2H3. The van der Waals surface area contributed by atoms with Crippen LogP contribution in [0, 0.1) is 11.3 Å². The van der Waals surface area contributed by atoms with Crippen molar-refractivity contribution in [2.75, 3.05) is 47.6 Å². The minimum atomic E-state index is -3.55. The van der Waals surface area contributed by atoms with Crippen LogP contribution in [0.5, 0.6) is 5.88 Å². The smallest absolute Gasteiger partial charge is 0.238 e. The molecule has 0 atom stereocenters. The molecule has 2 aromatic heterocycles. The maximum Gasteiger partial charge on any atom is 0.238 e. The number of sulfonamides is 1. The molecule has 0 saturated carbocycles. The van der Waals surface area contributed by atoms with Gasteiger partial charge in [0.25, 0.3) is 0 Å². The van der Waals surface area contributed by atoms with Gasteiger partial charge in [-0.15, -0.1) is 0 Å². The molecule has 3 heterocycles. The Morgan fingerprint density at radius 3 is 2.48 bits per heavy atom. The molecule has 1 aromatic carbocycles. The van der Waals surface area contributed by atoms with Gasteiger partial charge in [-0.1, -0.05) is 6.07 Å². The third-order valence-corrected chi connectivity index (χ3v) is 7.49. The van der Waals surface area contributed by atoms with Gasteiger partial charge in [-0.05, 0) is 23.8 Å². The number of nitrogens with zero attached hydrogens (tertiary/aromatic N) is 4. The Morgan fingerprint density at radius 1 is 1.12 bits per heavy atom. The van der Waals surface area contributed by atoms with Gasteiger partial charge in [-0.3, -0.25) is 9.71 Å². The molecule has 1 saturated heterocycles. The Balaban J connectivity index is 1.85. The van der Waals surface area contributed by atoms with Crippen molar-refractivity contribution in [1.29, 1.82) is 5.26 Å². The van der Waals surface area contributed by atoms with Crippen molar-refractivity contribution in [2.24, 2.45) is 0 Å². The fourth-order valence-electron chi connectivity index (χ4n) is 3.76. The molecule has 1 aliphatic rings.